The molecule has 136 valence electrons. The third-order valence-corrected chi connectivity index (χ3v) is 4.82. The molecule has 5 atom stereocenters. The summed E-state index contributed by atoms with van der Waals surface area (Å²) in [6, 6.07) is 7.38. The van der Waals surface area contributed by atoms with Gasteiger partial charge in [-0.05, 0) is 18.6 Å². The van der Waals surface area contributed by atoms with E-state index in [0.29, 0.717) is 22.8 Å². The second kappa shape index (κ2) is 7.36. The number of rotatable bonds is 4. The van der Waals surface area contributed by atoms with Gasteiger partial charge in [-0.3, -0.25) is 0 Å². The van der Waals surface area contributed by atoms with Crippen LogP contribution < -0.4 is 0 Å². The molecule has 1 aliphatic rings. The van der Waals surface area contributed by atoms with E-state index in [1.807, 2.05) is 18.2 Å². The lowest BCUT2D eigenvalue weighted by atomic mass is 9.98. The summed E-state index contributed by atoms with van der Waals surface area (Å²) in [5, 5.41) is 48.0. The third-order valence-electron chi connectivity index (χ3n) is 4.45. The second-order valence-electron chi connectivity index (χ2n) is 6.05. The zero-order valence-corrected chi connectivity index (χ0v) is 14.3. The van der Waals surface area contributed by atoms with Gasteiger partial charge in [0.1, 0.15) is 24.4 Å². The van der Waals surface area contributed by atoms with Gasteiger partial charge in [-0.15, -0.1) is 5.10 Å². The average molecular weight is 370 g/mol. The normalized spacial score (nSPS) is 29.8. The predicted octanol–water partition coefficient (Wildman–Crippen LogP) is -0.197. The highest BCUT2D eigenvalue weighted by Crippen LogP contribution is 2.29. The largest absolute Gasteiger partial charge is 0.394 e. The second-order valence-corrected chi connectivity index (χ2v) is 6.46. The third kappa shape index (κ3) is 3.41. The number of hydrogen-bond acceptors (Lipinski definition) is 7. The molecule has 3 rings (SSSR count). The van der Waals surface area contributed by atoms with Crippen LogP contribution in [0.5, 0.6) is 0 Å². The number of ether oxygens (including phenoxy) is 1. The summed E-state index contributed by atoms with van der Waals surface area (Å²) in [6.07, 6.45) is -5.91. The minimum atomic E-state index is -1.47. The van der Waals surface area contributed by atoms with Crippen molar-refractivity contribution in [1.82, 2.24) is 15.0 Å². The van der Waals surface area contributed by atoms with Crippen LogP contribution in [-0.4, -0.2) is 66.4 Å². The van der Waals surface area contributed by atoms with Crippen molar-refractivity contribution in [1.29, 1.82) is 0 Å². The fraction of sp³-hybridized carbons (Fsp3) is 0.500. The van der Waals surface area contributed by atoms with Gasteiger partial charge in [0.05, 0.1) is 18.0 Å². The lowest BCUT2D eigenvalue weighted by Crippen LogP contribution is -2.56. The lowest BCUT2D eigenvalue weighted by Gasteiger charge is -2.39. The van der Waals surface area contributed by atoms with E-state index in [9.17, 15) is 20.4 Å². The average Bonchev–Trinajstić information content (AvgIpc) is 2.96. The van der Waals surface area contributed by atoms with E-state index in [1.54, 1.807) is 13.0 Å². The van der Waals surface area contributed by atoms with E-state index in [2.05, 4.69) is 10.3 Å². The Hall–Kier alpha value is -1.55. The predicted molar refractivity (Wildman–Crippen MR) is 88.0 cm³/mol. The van der Waals surface area contributed by atoms with Gasteiger partial charge in [0.15, 0.2) is 6.23 Å². The van der Waals surface area contributed by atoms with E-state index in [4.69, 9.17) is 16.3 Å². The van der Waals surface area contributed by atoms with Crippen LogP contribution in [0.2, 0.25) is 5.02 Å². The van der Waals surface area contributed by atoms with Crippen molar-refractivity contribution in [2.45, 2.75) is 44.0 Å². The number of aliphatic hydroxyl groups excluding tert-OH is 4. The highest BCUT2D eigenvalue weighted by Gasteiger charge is 2.45. The summed E-state index contributed by atoms with van der Waals surface area (Å²) in [6.45, 7) is 1.26. The van der Waals surface area contributed by atoms with Crippen molar-refractivity contribution >= 4 is 11.6 Å². The maximum Gasteiger partial charge on any atom is 0.181 e. The first-order chi connectivity index (χ1) is 11.9. The van der Waals surface area contributed by atoms with Crippen LogP contribution >= 0.6 is 11.6 Å². The van der Waals surface area contributed by atoms with Crippen LogP contribution in [0, 0.1) is 6.92 Å². The van der Waals surface area contributed by atoms with E-state index in [1.165, 1.54) is 4.68 Å². The van der Waals surface area contributed by atoms with Crippen molar-refractivity contribution in [3.63, 3.8) is 0 Å². The maximum atomic E-state index is 10.2. The number of aliphatic hydroxyl groups is 4. The molecule has 2 aromatic rings. The molecule has 1 aromatic carbocycles. The molecular weight excluding hydrogens is 350 g/mol. The molecule has 0 bridgehead atoms. The van der Waals surface area contributed by atoms with Gasteiger partial charge in [-0.2, -0.15) is 0 Å². The monoisotopic (exact) mass is 369 g/mol. The van der Waals surface area contributed by atoms with Crippen molar-refractivity contribution in [2.75, 3.05) is 6.61 Å². The highest BCUT2D eigenvalue weighted by atomic mass is 35.5. The Balaban J connectivity index is 1.86. The minimum absolute atomic E-state index is 0.447. The first kappa shape index (κ1) is 18.2. The van der Waals surface area contributed by atoms with Crippen LogP contribution in [0.1, 0.15) is 23.2 Å². The zero-order valence-electron chi connectivity index (χ0n) is 13.5. The Morgan fingerprint density at radius 1 is 1.16 bits per heavy atom. The molecule has 8 nitrogen and oxygen atoms in total. The van der Waals surface area contributed by atoms with E-state index in [0.717, 1.165) is 5.56 Å². The molecule has 1 aromatic heterocycles. The molecule has 0 aliphatic carbocycles. The Kier molecular flexibility index (Phi) is 5.38. The fourth-order valence-corrected chi connectivity index (χ4v) is 3.09. The Morgan fingerprint density at radius 2 is 1.88 bits per heavy atom. The van der Waals surface area contributed by atoms with Crippen LogP contribution in [0.4, 0.5) is 0 Å². The first-order valence-corrected chi connectivity index (χ1v) is 8.26. The fourth-order valence-electron chi connectivity index (χ4n) is 2.89. The van der Waals surface area contributed by atoms with Gasteiger partial charge in [0.25, 0.3) is 0 Å². The number of aromatic nitrogens is 3. The van der Waals surface area contributed by atoms with Crippen molar-refractivity contribution in [2.24, 2.45) is 0 Å². The van der Waals surface area contributed by atoms with Crippen LogP contribution in [0.15, 0.2) is 24.3 Å². The Bertz CT molecular complexity index is 738. The topological polar surface area (TPSA) is 121 Å². The number of halogens is 1. The molecule has 0 saturated carbocycles. The van der Waals surface area contributed by atoms with Crippen LogP contribution in [0.3, 0.4) is 0 Å². The van der Waals surface area contributed by atoms with Crippen molar-refractivity contribution in [3.8, 4) is 0 Å². The van der Waals surface area contributed by atoms with Crippen LogP contribution in [-0.2, 0) is 11.2 Å². The van der Waals surface area contributed by atoms with E-state index < -0.39 is 37.3 Å². The standard InChI is InChI=1S/C16H20ClN3O5/c1-8-11(6-9-4-2-3-5-10(9)17)18-19-20(8)16-15(24)14(23)13(22)12(7-21)25-16/h2-5,12-16,21-24H,6-7H2,1H3/t12-,13-,14+,15-,16-/m1/s1. The van der Waals surface area contributed by atoms with Crippen molar-refractivity contribution < 1.29 is 25.2 Å². The molecule has 4 N–H and O–H groups in total. The number of nitrogens with zero attached hydrogens (tertiary/aromatic N) is 3. The van der Waals surface area contributed by atoms with Gasteiger partial charge in [-0.1, -0.05) is 35.0 Å². The molecular formula is C16H20ClN3O5. The van der Waals surface area contributed by atoms with E-state index >= 15 is 0 Å². The van der Waals surface area contributed by atoms with Gasteiger partial charge >= 0.3 is 0 Å². The van der Waals surface area contributed by atoms with Gasteiger partial charge in [0, 0.05) is 11.4 Å². The Labute approximate surface area is 149 Å². The summed E-state index contributed by atoms with van der Waals surface area (Å²) in [7, 11) is 0. The van der Waals surface area contributed by atoms with Gasteiger partial charge in [0.2, 0.25) is 0 Å². The van der Waals surface area contributed by atoms with Crippen LogP contribution in [0.25, 0.3) is 0 Å². The molecule has 1 saturated heterocycles. The van der Waals surface area contributed by atoms with Crippen molar-refractivity contribution in [3.05, 3.63) is 46.2 Å². The molecule has 0 spiro atoms. The summed E-state index contributed by atoms with van der Waals surface area (Å²) in [5.74, 6) is 0. The van der Waals surface area contributed by atoms with Gasteiger partial charge < -0.3 is 25.2 Å². The minimum Gasteiger partial charge on any atom is -0.394 e. The molecule has 1 aliphatic heterocycles. The maximum absolute atomic E-state index is 10.2. The molecule has 9 heteroatoms. The Morgan fingerprint density at radius 3 is 2.56 bits per heavy atom. The lowest BCUT2D eigenvalue weighted by molar-refractivity contribution is -0.254. The molecule has 0 radical (unpaired) electrons. The summed E-state index contributed by atoms with van der Waals surface area (Å²) < 4.78 is 6.85. The smallest absolute Gasteiger partial charge is 0.181 e. The summed E-state index contributed by atoms with van der Waals surface area (Å²) in [5.41, 5.74) is 2.16. The number of hydrogen-bond donors (Lipinski definition) is 4. The molecule has 0 unspecified atom stereocenters. The molecule has 1 fully saturated rings. The molecule has 25 heavy (non-hydrogen) atoms. The molecule has 0 amide bonds. The SMILES string of the molecule is Cc1c(Cc2ccccc2Cl)nnn1[C@@H]1O[C@H](CO)[C@@H](O)[C@H](O)[C@H]1O. The van der Waals surface area contributed by atoms with Gasteiger partial charge in [-0.25, -0.2) is 4.68 Å². The summed E-state index contributed by atoms with van der Waals surface area (Å²) >= 11 is 6.17. The summed E-state index contributed by atoms with van der Waals surface area (Å²) in [4.78, 5) is 0. The first-order valence-electron chi connectivity index (χ1n) is 7.88. The highest BCUT2D eigenvalue weighted by molar-refractivity contribution is 6.31. The number of benzene rings is 1. The zero-order chi connectivity index (χ0) is 18.1. The quantitative estimate of drug-likeness (QED) is 0.589. The molecule has 2 heterocycles. The van der Waals surface area contributed by atoms with E-state index in [-0.39, 0.29) is 0 Å².